The minimum Gasteiger partial charge on any atom is -0.508 e. The number of esters is 1. The van der Waals surface area contributed by atoms with Crippen molar-refractivity contribution in [2.45, 2.75) is 56.8 Å². The molecule has 7 atom stereocenters. The highest BCUT2D eigenvalue weighted by Gasteiger charge is 2.65. The van der Waals surface area contributed by atoms with E-state index in [1.54, 1.807) is 24.3 Å². The lowest BCUT2D eigenvalue weighted by atomic mass is 9.53. The van der Waals surface area contributed by atoms with Crippen molar-refractivity contribution in [3.05, 3.63) is 29.8 Å². The van der Waals surface area contributed by atoms with E-state index in [0.717, 1.165) is 31.4 Å². The normalized spacial score (nSPS) is 40.7. The van der Waals surface area contributed by atoms with Gasteiger partial charge in [0.25, 0.3) is 0 Å². The first-order valence-electron chi connectivity index (χ1n) is 11.3. The lowest BCUT2D eigenvalue weighted by Gasteiger charge is -2.51. The minimum atomic E-state index is -0.667. The summed E-state index contributed by atoms with van der Waals surface area (Å²) in [6.45, 7) is 4.27. The van der Waals surface area contributed by atoms with Crippen LogP contribution in [0.15, 0.2) is 24.3 Å². The summed E-state index contributed by atoms with van der Waals surface area (Å²) >= 11 is 0. The Bertz CT molecular complexity index is 806. The van der Waals surface area contributed by atoms with Gasteiger partial charge in [-0.05, 0) is 68.2 Å². The number of ether oxygens (including phenoxy) is 2. The largest absolute Gasteiger partial charge is 0.508 e. The molecule has 30 heavy (non-hydrogen) atoms. The fraction of sp³-hybridized carbons (Fsp3) is 0.708. The van der Waals surface area contributed by atoms with Gasteiger partial charge in [0.1, 0.15) is 11.9 Å². The number of phenols is 1. The second-order valence-electron chi connectivity index (χ2n) is 10.4. The van der Waals surface area contributed by atoms with Gasteiger partial charge in [0, 0.05) is 19.0 Å². The molecule has 6 heteroatoms. The van der Waals surface area contributed by atoms with Gasteiger partial charge in [0.15, 0.2) is 0 Å². The summed E-state index contributed by atoms with van der Waals surface area (Å²) in [5.41, 5.74) is 1.04. The van der Waals surface area contributed by atoms with E-state index < -0.39 is 6.10 Å². The first-order valence-corrected chi connectivity index (χ1v) is 11.3. The van der Waals surface area contributed by atoms with E-state index in [4.69, 9.17) is 9.47 Å². The molecule has 2 aliphatic heterocycles. The number of aromatic hydroxyl groups is 1. The van der Waals surface area contributed by atoms with Crippen molar-refractivity contribution < 1.29 is 24.5 Å². The number of phenolic OH excluding ortho intramolecular Hbond substituents is 1. The third-order valence-corrected chi connectivity index (χ3v) is 8.35. The van der Waals surface area contributed by atoms with Gasteiger partial charge >= 0.3 is 5.97 Å². The summed E-state index contributed by atoms with van der Waals surface area (Å²) in [6, 6.07) is 6.62. The predicted octanol–water partition coefficient (Wildman–Crippen LogP) is 2.88. The molecule has 6 nitrogen and oxygen atoms in total. The smallest absolute Gasteiger partial charge is 0.310 e. The molecule has 0 aromatic heterocycles. The number of benzene rings is 1. The Balaban J connectivity index is 1.26. The molecule has 2 aliphatic carbocycles. The molecule has 164 valence electrons. The van der Waals surface area contributed by atoms with Gasteiger partial charge in [0.2, 0.25) is 0 Å². The number of rotatable bonds is 5. The fourth-order valence-corrected chi connectivity index (χ4v) is 6.67. The van der Waals surface area contributed by atoms with Crippen LogP contribution in [0.3, 0.4) is 0 Å². The van der Waals surface area contributed by atoms with Crippen molar-refractivity contribution in [1.82, 2.24) is 4.90 Å². The van der Waals surface area contributed by atoms with Crippen LogP contribution in [0.4, 0.5) is 0 Å². The summed E-state index contributed by atoms with van der Waals surface area (Å²) in [6.07, 6.45) is 4.88. The zero-order valence-corrected chi connectivity index (χ0v) is 17.9. The molecular formula is C24H33NO5. The Hall–Kier alpha value is -1.63. The zero-order valence-electron chi connectivity index (χ0n) is 17.9. The third-order valence-electron chi connectivity index (χ3n) is 8.35. The fourth-order valence-electron chi connectivity index (χ4n) is 6.67. The van der Waals surface area contributed by atoms with Crippen LogP contribution in [0.5, 0.6) is 5.75 Å². The van der Waals surface area contributed by atoms with Crippen LogP contribution in [0.1, 0.15) is 50.7 Å². The van der Waals surface area contributed by atoms with Gasteiger partial charge < -0.3 is 24.6 Å². The Morgan fingerprint density at radius 3 is 2.70 bits per heavy atom. The molecule has 0 unspecified atom stereocenters. The number of aliphatic hydroxyl groups excluding tert-OH is 1. The van der Waals surface area contributed by atoms with Gasteiger partial charge in [-0.25, -0.2) is 0 Å². The maximum absolute atomic E-state index is 12.8. The van der Waals surface area contributed by atoms with Crippen molar-refractivity contribution in [3.63, 3.8) is 0 Å². The average Bonchev–Trinajstić information content (AvgIpc) is 3.40. The van der Waals surface area contributed by atoms with E-state index in [9.17, 15) is 15.0 Å². The summed E-state index contributed by atoms with van der Waals surface area (Å²) < 4.78 is 11.9. The molecule has 2 N–H and O–H groups in total. The number of hydrogen-bond acceptors (Lipinski definition) is 6. The highest BCUT2D eigenvalue weighted by molar-refractivity contribution is 5.75. The number of hydrogen-bond donors (Lipinski definition) is 2. The molecule has 2 saturated heterocycles. The Morgan fingerprint density at radius 1 is 1.27 bits per heavy atom. The van der Waals surface area contributed by atoms with Gasteiger partial charge in [-0.15, -0.1) is 0 Å². The molecule has 4 aliphatic rings. The minimum absolute atomic E-state index is 0.0214. The highest BCUT2D eigenvalue weighted by atomic mass is 16.6. The van der Waals surface area contributed by atoms with Gasteiger partial charge in [0.05, 0.1) is 24.2 Å². The Morgan fingerprint density at radius 2 is 2.00 bits per heavy atom. The van der Waals surface area contributed by atoms with Crippen molar-refractivity contribution in [1.29, 1.82) is 0 Å². The van der Waals surface area contributed by atoms with Crippen LogP contribution in [0, 0.1) is 23.2 Å². The van der Waals surface area contributed by atoms with E-state index >= 15 is 0 Å². The van der Waals surface area contributed by atoms with Gasteiger partial charge in [-0.3, -0.25) is 4.79 Å². The monoisotopic (exact) mass is 415 g/mol. The molecule has 2 saturated carbocycles. The third kappa shape index (κ3) is 3.43. The van der Waals surface area contributed by atoms with E-state index in [1.165, 1.54) is 12.8 Å². The van der Waals surface area contributed by atoms with Crippen molar-refractivity contribution in [3.8, 4) is 5.75 Å². The number of carbonyl (C=O) groups excluding carboxylic acids is 1. The van der Waals surface area contributed by atoms with E-state index in [1.807, 2.05) is 11.9 Å². The maximum Gasteiger partial charge on any atom is 0.310 e. The molecule has 1 aromatic carbocycles. The van der Waals surface area contributed by atoms with Crippen molar-refractivity contribution in [2.24, 2.45) is 23.2 Å². The van der Waals surface area contributed by atoms with Crippen LogP contribution < -0.4 is 0 Å². The van der Waals surface area contributed by atoms with Crippen LogP contribution in [0.25, 0.3) is 0 Å². The second kappa shape index (κ2) is 7.21. The topological polar surface area (TPSA) is 82.5 Å². The summed E-state index contributed by atoms with van der Waals surface area (Å²) in [4.78, 5) is 14.8. The molecule has 1 spiro atoms. The molecule has 0 amide bonds. The highest BCUT2D eigenvalue weighted by Crippen LogP contribution is 2.62. The van der Waals surface area contributed by atoms with E-state index in [0.29, 0.717) is 19.0 Å². The summed E-state index contributed by atoms with van der Waals surface area (Å²) in [7, 11) is 1.95. The van der Waals surface area contributed by atoms with Gasteiger partial charge in [-0.1, -0.05) is 19.1 Å². The molecule has 2 heterocycles. The summed E-state index contributed by atoms with van der Waals surface area (Å²) in [5, 5.41) is 20.0. The summed E-state index contributed by atoms with van der Waals surface area (Å²) in [5.74, 6) is 0.717. The maximum atomic E-state index is 12.8. The number of carbonyl (C=O) groups is 1. The van der Waals surface area contributed by atoms with Gasteiger partial charge in [-0.2, -0.15) is 0 Å². The lowest BCUT2D eigenvalue weighted by Crippen LogP contribution is -2.51. The van der Waals surface area contributed by atoms with Crippen molar-refractivity contribution >= 4 is 5.97 Å². The molecule has 0 radical (unpaired) electrons. The lowest BCUT2D eigenvalue weighted by molar-refractivity contribution is -0.147. The average molecular weight is 416 g/mol. The molecule has 5 rings (SSSR count). The molecule has 0 bridgehead atoms. The van der Waals surface area contributed by atoms with E-state index in [2.05, 4.69) is 6.92 Å². The number of epoxide rings is 1. The van der Waals surface area contributed by atoms with E-state index in [-0.39, 0.29) is 40.7 Å². The molecule has 1 aromatic rings. The van der Waals surface area contributed by atoms with Crippen molar-refractivity contribution in [2.75, 3.05) is 26.7 Å². The van der Waals surface area contributed by atoms with Crippen LogP contribution in [-0.4, -0.2) is 59.5 Å². The SMILES string of the molecule is CN(C[C@H](O)c1ccc(O)cc1)C[C@H]1C(=O)O[C@@H]2C[C@@]3(C)CCC[C@]4(CO4)[C@@H]3C[C@H]21. The number of likely N-dealkylation sites (N-methyl/N-ethyl adjacent to an activating group) is 1. The first-order chi connectivity index (χ1) is 14.3. The standard InChI is InChI=1S/C24H33NO5/c1-23-8-3-9-24(14-29-24)21(23)10-17-18(22(28)30-20(17)11-23)12-25(2)13-19(27)15-4-6-16(26)7-5-15/h4-7,17-21,26-27H,3,8-14H2,1-2H3/t17-,18+,19-,20+,21+,23+,24-/m0/s1. The predicted molar refractivity (Wildman–Crippen MR) is 111 cm³/mol. The first kappa shape index (κ1) is 20.3. The Labute approximate surface area is 178 Å². The quantitative estimate of drug-likeness (QED) is 0.568. The molecule has 4 fully saturated rings. The van der Waals surface area contributed by atoms with Crippen LogP contribution >= 0.6 is 0 Å². The Kier molecular flexibility index (Phi) is 4.88. The van der Waals surface area contributed by atoms with Crippen LogP contribution in [-0.2, 0) is 14.3 Å². The molecular weight excluding hydrogens is 382 g/mol. The zero-order chi connectivity index (χ0) is 21.1. The number of aliphatic hydroxyl groups is 1. The van der Waals surface area contributed by atoms with Crippen LogP contribution in [0.2, 0.25) is 0 Å². The number of fused-ring (bicyclic) bond motifs is 3. The number of nitrogens with zero attached hydrogens (tertiary/aromatic N) is 1. The second-order valence-corrected chi connectivity index (χ2v) is 10.4.